The zero-order valence-corrected chi connectivity index (χ0v) is 13.7. The second-order valence-electron chi connectivity index (χ2n) is 7.01. The second kappa shape index (κ2) is 6.43. The summed E-state index contributed by atoms with van der Waals surface area (Å²) in [6.45, 7) is 5.01. The Labute approximate surface area is 141 Å². The van der Waals surface area contributed by atoms with Gasteiger partial charge in [0.2, 0.25) is 5.95 Å². The molecule has 2 saturated heterocycles. The van der Waals surface area contributed by atoms with Gasteiger partial charge in [0.15, 0.2) is 5.82 Å². The van der Waals surface area contributed by atoms with Crippen molar-refractivity contribution in [3.63, 3.8) is 0 Å². The molecule has 126 valence electrons. The van der Waals surface area contributed by atoms with E-state index in [1.54, 1.807) is 0 Å². The van der Waals surface area contributed by atoms with E-state index in [2.05, 4.69) is 30.8 Å². The summed E-state index contributed by atoms with van der Waals surface area (Å²) in [5.74, 6) is 0.270. The van der Waals surface area contributed by atoms with Gasteiger partial charge in [0, 0.05) is 37.8 Å². The largest absolute Gasteiger partial charge is 0.340 e. The zero-order chi connectivity index (χ0) is 16.4. The third-order valence-corrected chi connectivity index (χ3v) is 5.18. The summed E-state index contributed by atoms with van der Waals surface area (Å²) in [6.07, 6.45) is 7.94. The number of likely N-dealkylation sites (tertiary alicyclic amines) is 1. The molecule has 2 fully saturated rings. The van der Waals surface area contributed by atoms with Crippen molar-refractivity contribution in [1.82, 2.24) is 19.9 Å². The van der Waals surface area contributed by atoms with Gasteiger partial charge in [-0.1, -0.05) is 6.07 Å². The zero-order valence-electron chi connectivity index (χ0n) is 13.7. The number of anilines is 1. The van der Waals surface area contributed by atoms with Gasteiger partial charge in [0.1, 0.15) is 0 Å². The first kappa shape index (κ1) is 15.4. The molecule has 1 spiro atoms. The van der Waals surface area contributed by atoms with Crippen molar-refractivity contribution in [1.29, 1.82) is 0 Å². The molecule has 2 aromatic heterocycles. The maximum absolute atomic E-state index is 13.1. The van der Waals surface area contributed by atoms with Gasteiger partial charge in [0.25, 0.3) is 0 Å². The Kier molecular flexibility index (Phi) is 4.14. The van der Waals surface area contributed by atoms with Gasteiger partial charge < -0.3 is 4.90 Å². The lowest BCUT2D eigenvalue weighted by Crippen LogP contribution is -2.45. The average Bonchev–Trinajstić information content (AvgIpc) is 2.98. The van der Waals surface area contributed by atoms with Crippen LogP contribution < -0.4 is 4.90 Å². The number of nitrogens with zero attached hydrogens (tertiary/aromatic N) is 5. The van der Waals surface area contributed by atoms with Crippen molar-refractivity contribution in [2.75, 3.05) is 31.1 Å². The fourth-order valence-corrected chi connectivity index (χ4v) is 4.06. The van der Waals surface area contributed by atoms with Crippen LogP contribution in [0.25, 0.3) is 0 Å². The number of rotatable bonds is 3. The average molecular weight is 327 g/mol. The van der Waals surface area contributed by atoms with Crippen molar-refractivity contribution in [2.45, 2.75) is 25.8 Å². The van der Waals surface area contributed by atoms with Crippen molar-refractivity contribution in [2.24, 2.45) is 5.41 Å². The van der Waals surface area contributed by atoms with E-state index in [1.165, 1.54) is 25.2 Å². The summed E-state index contributed by atoms with van der Waals surface area (Å²) in [6, 6.07) is 6.09. The number of halogens is 1. The Hall–Kier alpha value is -2.08. The third-order valence-electron chi connectivity index (χ3n) is 5.18. The standard InChI is InChI=1S/C18H22FN5/c19-15-10-21-17(22-11-15)24-8-3-5-18(14-24)6-9-23(13-18)12-16-4-1-2-7-20-16/h1-2,4,7,10-11H,3,5-6,8-9,12-14H2/t18-/m1/s1. The molecule has 5 nitrogen and oxygen atoms in total. The van der Waals surface area contributed by atoms with Crippen LogP contribution in [0.1, 0.15) is 25.0 Å². The summed E-state index contributed by atoms with van der Waals surface area (Å²) < 4.78 is 13.1. The number of aromatic nitrogens is 3. The third kappa shape index (κ3) is 3.24. The van der Waals surface area contributed by atoms with Crippen LogP contribution in [0.4, 0.5) is 10.3 Å². The van der Waals surface area contributed by atoms with Gasteiger partial charge in [-0.25, -0.2) is 14.4 Å². The highest BCUT2D eigenvalue weighted by Gasteiger charge is 2.41. The molecule has 2 aliphatic heterocycles. The summed E-state index contributed by atoms with van der Waals surface area (Å²) in [4.78, 5) is 17.5. The predicted octanol–water partition coefficient (Wildman–Crippen LogP) is 2.50. The van der Waals surface area contributed by atoms with E-state index in [1.807, 2.05) is 18.3 Å². The summed E-state index contributed by atoms with van der Waals surface area (Å²) in [5.41, 5.74) is 1.43. The Morgan fingerprint density at radius 1 is 1.04 bits per heavy atom. The van der Waals surface area contributed by atoms with Crippen LogP contribution in [0.15, 0.2) is 36.8 Å². The fourth-order valence-electron chi connectivity index (χ4n) is 4.06. The van der Waals surface area contributed by atoms with Crippen molar-refractivity contribution in [3.8, 4) is 0 Å². The van der Waals surface area contributed by atoms with Crippen molar-refractivity contribution >= 4 is 5.95 Å². The molecule has 0 bridgehead atoms. The highest BCUT2D eigenvalue weighted by Crippen LogP contribution is 2.40. The Balaban J connectivity index is 1.43. The highest BCUT2D eigenvalue weighted by molar-refractivity contribution is 5.30. The molecular weight excluding hydrogens is 305 g/mol. The van der Waals surface area contributed by atoms with E-state index >= 15 is 0 Å². The second-order valence-corrected chi connectivity index (χ2v) is 7.01. The van der Waals surface area contributed by atoms with Crippen molar-refractivity contribution in [3.05, 3.63) is 48.3 Å². The van der Waals surface area contributed by atoms with Gasteiger partial charge in [0.05, 0.1) is 18.1 Å². The first-order valence-electron chi connectivity index (χ1n) is 8.57. The first-order valence-corrected chi connectivity index (χ1v) is 8.57. The maximum atomic E-state index is 13.1. The Bertz CT molecular complexity index is 678. The van der Waals surface area contributed by atoms with Crippen LogP contribution in [0.2, 0.25) is 0 Å². The lowest BCUT2D eigenvalue weighted by atomic mass is 9.79. The van der Waals surface area contributed by atoms with Crippen LogP contribution in [-0.4, -0.2) is 46.0 Å². The topological polar surface area (TPSA) is 45.2 Å². The Morgan fingerprint density at radius 3 is 2.71 bits per heavy atom. The molecule has 0 aromatic carbocycles. The van der Waals surface area contributed by atoms with E-state index in [0.717, 1.165) is 44.8 Å². The molecule has 0 unspecified atom stereocenters. The van der Waals surface area contributed by atoms with Gasteiger partial charge in [-0.2, -0.15) is 0 Å². The first-order chi connectivity index (χ1) is 11.7. The smallest absolute Gasteiger partial charge is 0.225 e. The molecule has 1 atom stereocenters. The molecule has 0 radical (unpaired) electrons. The van der Waals surface area contributed by atoms with E-state index in [-0.39, 0.29) is 5.82 Å². The van der Waals surface area contributed by atoms with Crippen LogP contribution in [0.5, 0.6) is 0 Å². The van der Waals surface area contributed by atoms with E-state index < -0.39 is 0 Å². The molecule has 4 heterocycles. The minimum atomic E-state index is -0.382. The Morgan fingerprint density at radius 2 is 1.92 bits per heavy atom. The molecule has 0 amide bonds. The quantitative estimate of drug-likeness (QED) is 0.867. The molecule has 24 heavy (non-hydrogen) atoms. The number of pyridine rings is 1. The monoisotopic (exact) mass is 327 g/mol. The number of piperidine rings is 1. The summed E-state index contributed by atoms with van der Waals surface area (Å²) >= 11 is 0. The van der Waals surface area contributed by atoms with Gasteiger partial charge in [-0.05, 0) is 37.9 Å². The van der Waals surface area contributed by atoms with Gasteiger partial charge in [-0.3, -0.25) is 9.88 Å². The molecule has 0 N–H and O–H groups in total. The normalized spacial score (nSPS) is 24.6. The van der Waals surface area contributed by atoms with E-state index in [9.17, 15) is 4.39 Å². The lowest BCUT2D eigenvalue weighted by molar-refractivity contribution is 0.214. The maximum Gasteiger partial charge on any atom is 0.225 e. The van der Waals surface area contributed by atoms with Gasteiger partial charge in [-0.15, -0.1) is 0 Å². The molecule has 4 rings (SSSR count). The molecule has 6 heteroatoms. The molecular formula is C18H22FN5. The van der Waals surface area contributed by atoms with Crippen LogP contribution >= 0.6 is 0 Å². The van der Waals surface area contributed by atoms with E-state index in [4.69, 9.17) is 0 Å². The molecule has 2 aromatic rings. The summed E-state index contributed by atoms with van der Waals surface area (Å²) in [7, 11) is 0. The SMILES string of the molecule is Fc1cnc(N2CCC[C@]3(CCN(Cc4ccccn4)C3)C2)nc1. The van der Waals surface area contributed by atoms with Crippen LogP contribution in [0, 0.1) is 11.2 Å². The highest BCUT2D eigenvalue weighted by atomic mass is 19.1. The molecule has 0 saturated carbocycles. The predicted molar refractivity (Wildman–Crippen MR) is 90.0 cm³/mol. The minimum absolute atomic E-state index is 0.296. The number of hydrogen-bond acceptors (Lipinski definition) is 5. The molecule has 0 aliphatic carbocycles. The molecule has 2 aliphatic rings. The lowest BCUT2D eigenvalue weighted by Gasteiger charge is -2.40. The number of hydrogen-bond donors (Lipinski definition) is 0. The minimum Gasteiger partial charge on any atom is -0.340 e. The van der Waals surface area contributed by atoms with E-state index in [0.29, 0.717) is 11.4 Å². The summed E-state index contributed by atoms with van der Waals surface area (Å²) in [5, 5.41) is 0. The van der Waals surface area contributed by atoms with Gasteiger partial charge >= 0.3 is 0 Å². The fraction of sp³-hybridized carbons (Fsp3) is 0.500. The van der Waals surface area contributed by atoms with Crippen molar-refractivity contribution < 1.29 is 4.39 Å². The van der Waals surface area contributed by atoms with Crippen LogP contribution in [-0.2, 0) is 6.54 Å². The van der Waals surface area contributed by atoms with Crippen LogP contribution in [0.3, 0.4) is 0 Å².